The molecule has 2 saturated heterocycles. The summed E-state index contributed by atoms with van der Waals surface area (Å²) < 4.78 is 22.5. The number of hydrogen-bond acceptors (Lipinski definition) is 13. The van der Waals surface area contributed by atoms with Gasteiger partial charge in [0, 0.05) is 6.42 Å². The highest BCUT2D eigenvalue weighted by Crippen LogP contribution is 2.30. The lowest BCUT2D eigenvalue weighted by atomic mass is 9.97. The molecule has 0 spiro atoms. The van der Waals surface area contributed by atoms with Crippen molar-refractivity contribution in [3.63, 3.8) is 0 Å². The Morgan fingerprint density at radius 1 is 0.493 bits per heavy atom. The average Bonchev–Trinajstić information content (AvgIpc) is 3.41. The molecule has 2 fully saturated rings. The molecule has 0 bridgehead atoms. The molecule has 2 aliphatic rings. The maximum atomic E-state index is 13.1. The molecular formula is C61H105NO13. The predicted molar refractivity (Wildman–Crippen MR) is 300 cm³/mol. The van der Waals surface area contributed by atoms with Crippen LogP contribution in [0.25, 0.3) is 0 Å². The summed E-state index contributed by atoms with van der Waals surface area (Å²) in [6.45, 7) is 2.50. The van der Waals surface area contributed by atoms with Crippen LogP contribution in [0.3, 0.4) is 0 Å². The Morgan fingerprint density at radius 2 is 0.920 bits per heavy atom. The van der Waals surface area contributed by atoms with Gasteiger partial charge in [-0.1, -0.05) is 214 Å². The summed E-state index contributed by atoms with van der Waals surface area (Å²) >= 11 is 0. The summed E-state index contributed by atoms with van der Waals surface area (Å²) in [4.78, 5) is 13.1. The lowest BCUT2D eigenvalue weighted by Gasteiger charge is -2.46. The number of allylic oxidation sites excluding steroid dienone is 13. The molecule has 0 aromatic rings. The number of carbonyl (C=O) groups is 1. The van der Waals surface area contributed by atoms with Crippen LogP contribution in [0, 0.1) is 0 Å². The van der Waals surface area contributed by atoms with Crippen LogP contribution in [0.5, 0.6) is 0 Å². The van der Waals surface area contributed by atoms with Crippen molar-refractivity contribution in [1.29, 1.82) is 0 Å². The van der Waals surface area contributed by atoms with Gasteiger partial charge in [-0.25, -0.2) is 0 Å². The first-order chi connectivity index (χ1) is 36.6. The maximum absolute atomic E-state index is 13.1. The molecule has 0 radical (unpaired) electrons. The second kappa shape index (κ2) is 46.1. The van der Waals surface area contributed by atoms with E-state index in [1.54, 1.807) is 6.08 Å². The van der Waals surface area contributed by atoms with E-state index in [0.29, 0.717) is 6.42 Å². The van der Waals surface area contributed by atoms with Crippen molar-refractivity contribution in [1.82, 2.24) is 5.32 Å². The van der Waals surface area contributed by atoms with Crippen LogP contribution >= 0.6 is 0 Å². The number of rotatable bonds is 45. The minimum absolute atomic E-state index is 0.251. The molecule has 14 nitrogen and oxygen atoms in total. The number of unbranched alkanes of at least 4 members (excludes halogenated alkanes) is 20. The highest BCUT2D eigenvalue weighted by atomic mass is 16.7. The largest absolute Gasteiger partial charge is 0.394 e. The normalized spacial score (nSPS) is 25.7. The van der Waals surface area contributed by atoms with Crippen LogP contribution in [0.15, 0.2) is 85.1 Å². The summed E-state index contributed by atoms with van der Waals surface area (Å²) in [5.74, 6) is -0.251. The molecule has 2 heterocycles. The van der Waals surface area contributed by atoms with Gasteiger partial charge in [0.2, 0.25) is 5.91 Å². The van der Waals surface area contributed by atoms with Gasteiger partial charge < -0.3 is 65.1 Å². The number of nitrogens with one attached hydrogen (secondary N) is 1. The third-order valence-electron chi connectivity index (χ3n) is 13.8. The molecule has 1 amide bonds. The van der Waals surface area contributed by atoms with Crippen LogP contribution < -0.4 is 5.32 Å². The van der Waals surface area contributed by atoms with E-state index in [2.05, 4.69) is 92.1 Å². The van der Waals surface area contributed by atoms with Gasteiger partial charge in [-0.15, -0.1) is 0 Å². The number of hydrogen-bond donors (Lipinski definition) is 9. The fraction of sp³-hybridized carbons (Fsp3) is 0.754. The molecule has 9 N–H and O–H groups in total. The van der Waals surface area contributed by atoms with Gasteiger partial charge in [-0.2, -0.15) is 0 Å². The fourth-order valence-electron chi connectivity index (χ4n) is 9.10. The zero-order valence-electron chi connectivity index (χ0n) is 46.3. The first-order valence-electron chi connectivity index (χ1n) is 29.3. The van der Waals surface area contributed by atoms with E-state index >= 15 is 0 Å². The van der Waals surface area contributed by atoms with E-state index < -0.39 is 86.8 Å². The van der Waals surface area contributed by atoms with E-state index in [1.807, 2.05) is 6.08 Å². The summed E-state index contributed by atoms with van der Waals surface area (Å²) in [6.07, 6.45) is 46.0. The Kier molecular flexibility index (Phi) is 42.0. The minimum Gasteiger partial charge on any atom is -0.394 e. The van der Waals surface area contributed by atoms with Gasteiger partial charge in [-0.05, 0) is 64.2 Å². The molecule has 0 aromatic heterocycles. The molecule has 14 heteroatoms. The third kappa shape index (κ3) is 32.0. The van der Waals surface area contributed by atoms with Crippen molar-refractivity contribution >= 4 is 5.91 Å². The summed E-state index contributed by atoms with van der Waals surface area (Å²) in [7, 11) is 0. The van der Waals surface area contributed by atoms with Crippen LogP contribution in [0.2, 0.25) is 0 Å². The zero-order chi connectivity index (χ0) is 54.6. The van der Waals surface area contributed by atoms with Crippen LogP contribution in [-0.4, -0.2) is 140 Å². The summed E-state index contributed by atoms with van der Waals surface area (Å²) in [5.41, 5.74) is 0. The first kappa shape index (κ1) is 68.3. The molecule has 0 aromatic carbocycles. The third-order valence-corrected chi connectivity index (χ3v) is 13.8. The molecule has 0 saturated carbocycles. The molecular weight excluding hydrogens is 955 g/mol. The van der Waals surface area contributed by atoms with Crippen molar-refractivity contribution in [3.8, 4) is 0 Å². The van der Waals surface area contributed by atoms with E-state index in [-0.39, 0.29) is 18.9 Å². The lowest BCUT2D eigenvalue weighted by molar-refractivity contribution is -0.359. The average molecular weight is 1060 g/mol. The summed E-state index contributed by atoms with van der Waals surface area (Å²) in [5, 5.41) is 86.2. The highest BCUT2D eigenvalue weighted by Gasteiger charge is 2.51. The molecule has 12 atom stereocenters. The van der Waals surface area contributed by atoms with Gasteiger partial charge in [0.1, 0.15) is 48.8 Å². The molecule has 12 unspecified atom stereocenters. The topological polar surface area (TPSA) is 228 Å². The number of carbonyl (C=O) groups excluding carboxylic acids is 1. The number of aliphatic hydroxyl groups is 8. The van der Waals surface area contributed by atoms with Gasteiger partial charge in [0.05, 0.1) is 32.0 Å². The van der Waals surface area contributed by atoms with Crippen molar-refractivity contribution in [2.75, 3.05) is 19.8 Å². The van der Waals surface area contributed by atoms with Crippen LogP contribution in [-0.2, 0) is 23.7 Å². The number of amides is 1. The second-order valence-corrected chi connectivity index (χ2v) is 20.4. The fourth-order valence-corrected chi connectivity index (χ4v) is 9.10. The maximum Gasteiger partial charge on any atom is 0.220 e. The highest BCUT2D eigenvalue weighted by molar-refractivity contribution is 5.76. The Balaban J connectivity index is 1.50. The minimum atomic E-state index is -1.79. The smallest absolute Gasteiger partial charge is 0.220 e. The van der Waals surface area contributed by atoms with Gasteiger partial charge >= 0.3 is 0 Å². The van der Waals surface area contributed by atoms with Crippen LogP contribution in [0.4, 0.5) is 0 Å². The molecule has 432 valence electrons. The van der Waals surface area contributed by atoms with Crippen molar-refractivity contribution in [2.24, 2.45) is 0 Å². The number of ether oxygens (including phenoxy) is 4. The molecule has 0 aliphatic carbocycles. The monoisotopic (exact) mass is 1060 g/mol. The van der Waals surface area contributed by atoms with E-state index in [1.165, 1.54) is 96.3 Å². The van der Waals surface area contributed by atoms with Gasteiger partial charge in [-0.3, -0.25) is 4.79 Å². The zero-order valence-corrected chi connectivity index (χ0v) is 46.3. The Hall–Kier alpha value is -2.83. The standard InChI is InChI=1S/C61H105NO13/c1-3-5-7-9-10-11-12-13-14-15-16-17-18-19-20-21-22-23-24-25-26-27-28-29-30-31-32-33-34-35-36-37-38-39-40-41-43-45-53(66)62-49(50(65)44-42-8-6-4-2)48-72-60-58(71)56(69)59(52(47-64)74-60)75-61-57(70)55(68)54(67)51(46-63)73-61/h5,7,10-11,13-14,16-17,19-20,22-23,42,44,49-52,54-61,63-65,67-71H,3-4,6,8-9,12,15,18,21,24-41,43,45-48H2,1-2H3,(H,62,66)/b7-5-,11-10-,14-13-,17-16-,20-19-,23-22-,44-42+. The first-order valence-corrected chi connectivity index (χ1v) is 29.3. The van der Waals surface area contributed by atoms with Crippen molar-refractivity contribution < 1.29 is 64.6 Å². The Bertz CT molecular complexity index is 1580. The summed E-state index contributed by atoms with van der Waals surface area (Å²) in [6, 6.07) is -0.912. The van der Waals surface area contributed by atoms with E-state index in [4.69, 9.17) is 18.9 Å². The van der Waals surface area contributed by atoms with Gasteiger partial charge in [0.25, 0.3) is 0 Å². The quantitative estimate of drug-likeness (QED) is 0.0205. The Labute approximate surface area is 452 Å². The molecule has 2 rings (SSSR count). The second-order valence-electron chi connectivity index (χ2n) is 20.4. The number of aliphatic hydroxyl groups excluding tert-OH is 8. The van der Waals surface area contributed by atoms with Crippen molar-refractivity contribution in [2.45, 2.75) is 274 Å². The molecule has 75 heavy (non-hydrogen) atoms. The molecule has 2 aliphatic heterocycles. The van der Waals surface area contributed by atoms with Crippen LogP contribution in [0.1, 0.15) is 200 Å². The van der Waals surface area contributed by atoms with Gasteiger partial charge in [0.15, 0.2) is 12.6 Å². The van der Waals surface area contributed by atoms with E-state index in [0.717, 1.165) is 77.0 Å². The Morgan fingerprint density at radius 3 is 1.40 bits per heavy atom. The van der Waals surface area contributed by atoms with E-state index in [9.17, 15) is 45.6 Å². The van der Waals surface area contributed by atoms with Crippen molar-refractivity contribution in [3.05, 3.63) is 85.1 Å². The SMILES string of the molecule is CC/C=C\C/C=C\C/C=C\C/C=C\C/C=C\C/C=C\CCCCCCCCCCCCCCCCCCCCC(=O)NC(COC1OC(CO)C(OC2OC(CO)C(O)C(O)C2O)C(O)C1O)C(O)/C=C/CCCC. The lowest BCUT2D eigenvalue weighted by Crippen LogP contribution is -2.65. The predicted octanol–water partition coefficient (Wildman–Crippen LogP) is 9.72.